The quantitative estimate of drug-likeness (QED) is 0.364. The minimum Gasteiger partial charge on any atom is -0.493 e. The van der Waals surface area contributed by atoms with Crippen LogP contribution in [0.5, 0.6) is 11.5 Å². The summed E-state index contributed by atoms with van der Waals surface area (Å²) in [6.45, 7) is 4.97. The molecule has 0 aliphatic heterocycles. The Morgan fingerprint density at radius 3 is 2.44 bits per heavy atom. The molecule has 0 aliphatic rings. The number of ether oxygens (including phenoxy) is 3. The third-order valence-electron chi connectivity index (χ3n) is 5.41. The first-order valence-electron chi connectivity index (χ1n) is 11.1. The van der Waals surface area contributed by atoms with Crippen molar-refractivity contribution in [2.75, 3.05) is 33.1 Å². The maximum absolute atomic E-state index is 13.2. The first-order chi connectivity index (χ1) is 16.4. The van der Waals surface area contributed by atoms with E-state index in [0.29, 0.717) is 59.0 Å². The molecule has 3 N–H and O–H groups in total. The van der Waals surface area contributed by atoms with Gasteiger partial charge in [-0.15, -0.1) is 0 Å². The summed E-state index contributed by atoms with van der Waals surface area (Å²) in [4.78, 5) is 22.8. The van der Waals surface area contributed by atoms with Crippen LogP contribution in [-0.2, 0) is 4.74 Å². The summed E-state index contributed by atoms with van der Waals surface area (Å²) in [6.07, 6.45) is 0.835. The first kappa shape index (κ1) is 23.3. The number of para-hydroxylation sites is 2. The maximum Gasteiger partial charge on any atom is 0.257 e. The molecule has 9 nitrogen and oxygen atoms in total. The van der Waals surface area contributed by atoms with E-state index in [1.165, 1.54) is 0 Å². The van der Waals surface area contributed by atoms with Crippen molar-refractivity contribution in [3.63, 3.8) is 0 Å². The molecular weight excluding hydrogens is 434 g/mol. The molecule has 0 aliphatic carbocycles. The van der Waals surface area contributed by atoms with Gasteiger partial charge in [-0.05, 0) is 44.5 Å². The zero-order chi connectivity index (χ0) is 24.2. The monoisotopic (exact) mass is 463 g/mol. The summed E-state index contributed by atoms with van der Waals surface area (Å²) in [5, 5.41) is 2.93. The van der Waals surface area contributed by atoms with E-state index >= 15 is 0 Å². The molecule has 178 valence electrons. The third-order valence-corrected chi connectivity index (χ3v) is 5.41. The average molecular weight is 464 g/mol. The van der Waals surface area contributed by atoms with Crippen molar-refractivity contribution in [1.29, 1.82) is 0 Å². The Morgan fingerprint density at radius 2 is 1.76 bits per heavy atom. The fourth-order valence-corrected chi connectivity index (χ4v) is 3.79. The average Bonchev–Trinajstić information content (AvgIpc) is 3.12. The van der Waals surface area contributed by atoms with E-state index in [9.17, 15) is 4.79 Å². The second-order valence-electron chi connectivity index (χ2n) is 8.05. The first-order valence-corrected chi connectivity index (χ1v) is 11.1. The van der Waals surface area contributed by atoms with Crippen molar-refractivity contribution in [3.8, 4) is 17.2 Å². The highest BCUT2D eigenvalue weighted by Gasteiger charge is 2.25. The lowest BCUT2D eigenvalue weighted by atomic mass is 10.2. The number of nitrogens with one attached hydrogen (secondary N) is 1. The number of aromatic nitrogens is 3. The minimum absolute atomic E-state index is 0.148. The van der Waals surface area contributed by atoms with Gasteiger partial charge in [-0.1, -0.05) is 12.1 Å². The van der Waals surface area contributed by atoms with Crippen LogP contribution in [0.25, 0.3) is 27.9 Å². The Morgan fingerprint density at radius 1 is 1.06 bits per heavy atom. The summed E-state index contributed by atoms with van der Waals surface area (Å²) in [5.74, 6) is 1.05. The van der Waals surface area contributed by atoms with Crippen molar-refractivity contribution in [1.82, 2.24) is 19.9 Å². The summed E-state index contributed by atoms with van der Waals surface area (Å²) in [6, 6.07) is 12.9. The number of carbonyl (C=O) groups excluding carboxylic acids is 1. The van der Waals surface area contributed by atoms with E-state index in [4.69, 9.17) is 29.9 Å². The number of anilines is 1. The molecule has 4 aromatic rings. The van der Waals surface area contributed by atoms with Gasteiger partial charge in [0, 0.05) is 19.2 Å². The Hall–Kier alpha value is -3.85. The van der Waals surface area contributed by atoms with Gasteiger partial charge in [0.25, 0.3) is 5.91 Å². The number of benzene rings is 2. The molecule has 2 aromatic carbocycles. The Kier molecular flexibility index (Phi) is 6.83. The topological polar surface area (TPSA) is 114 Å². The van der Waals surface area contributed by atoms with Crippen LogP contribution in [0, 0.1) is 0 Å². The van der Waals surface area contributed by atoms with Crippen molar-refractivity contribution in [2.45, 2.75) is 26.4 Å². The Balaban J connectivity index is 1.81. The van der Waals surface area contributed by atoms with Gasteiger partial charge in [-0.3, -0.25) is 9.36 Å². The lowest BCUT2D eigenvalue weighted by Gasteiger charge is -2.12. The minimum atomic E-state index is -0.309. The number of nitrogens with zero attached hydrogens (tertiary/aromatic N) is 3. The zero-order valence-electron chi connectivity index (χ0n) is 19.8. The largest absolute Gasteiger partial charge is 0.493 e. The number of nitrogens with two attached hydrogens (primary N) is 1. The number of rotatable bonds is 9. The highest BCUT2D eigenvalue weighted by atomic mass is 16.5. The molecule has 0 unspecified atom stereocenters. The fraction of sp³-hybridized carbons (Fsp3) is 0.320. The van der Waals surface area contributed by atoms with Gasteiger partial charge in [0.15, 0.2) is 17.1 Å². The van der Waals surface area contributed by atoms with Crippen molar-refractivity contribution < 1.29 is 19.0 Å². The molecule has 2 aromatic heterocycles. The molecule has 34 heavy (non-hydrogen) atoms. The summed E-state index contributed by atoms with van der Waals surface area (Å²) >= 11 is 0. The van der Waals surface area contributed by atoms with Crippen molar-refractivity contribution in [3.05, 3.63) is 48.0 Å². The molecule has 2 heterocycles. The van der Waals surface area contributed by atoms with Gasteiger partial charge in [-0.25, -0.2) is 9.97 Å². The van der Waals surface area contributed by atoms with Crippen LogP contribution in [0.4, 0.5) is 5.82 Å². The third kappa shape index (κ3) is 4.47. The number of methoxy groups -OCH3 is 2. The number of hydrogen-bond donors (Lipinski definition) is 2. The van der Waals surface area contributed by atoms with Crippen molar-refractivity contribution >= 4 is 33.9 Å². The van der Waals surface area contributed by atoms with E-state index in [1.807, 2.05) is 44.2 Å². The van der Waals surface area contributed by atoms with E-state index in [-0.39, 0.29) is 23.4 Å². The lowest BCUT2D eigenvalue weighted by molar-refractivity contribution is 0.0757. The van der Waals surface area contributed by atoms with E-state index < -0.39 is 0 Å². The van der Waals surface area contributed by atoms with Crippen LogP contribution in [-0.4, -0.2) is 53.9 Å². The van der Waals surface area contributed by atoms with E-state index in [2.05, 4.69) is 5.32 Å². The van der Waals surface area contributed by atoms with Gasteiger partial charge in [0.2, 0.25) is 0 Å². The molecule has 0 spiro atoms. The molecule has 0 saturated carbocycles. The molecule has 0 fully saturated rings. The predicted molar refractivity (Wildman–Crippen MR) is 132 cm³/mol. The fourth-order valence-electron chi connectivity index (χ4n) is 3.79. The van der Waals surface area contributed by atoms with Gasteiger partial charge in [0.1, 0.15) is 16.9 Å². The summed E-state index contributed by atoms with van der Waals surface area (Å²) in [7, 11) is 3.14. The van der Waals surface area contributed by atoms with Crippen LogP contribution in [0.15, 0.2) is 42.5 Å². The predicted octanol–water partition coefficient (Wildman–Crippen LogP) is 3.72. The Bertz CT molecular complexity index is 1330. The highest BCUT2D eigenvalue weighted by molar-refractivity contribution is 6.11. The van der Waals surface area contributed by atoms with Gasteiger partial charge >= 0.3 is 0 Å². The standard InChI is InChI=1S/C25H29N5O4/c1-15(2)34-13-7-12-27-25(31)21-22-24(29-18-9-6-5-8-17(18)28-22)30(23(21)26)16-10-11-19(32-3)20(14-16)33-4/h5-6,8-11,14-15H,7,12-13,26H2,1-4H3,(H,27,31). The number of fused-ring (bicyclic) bond motifs is 2. The van der Waals surface area contributed by atoms with Gasteiger partial charge in [0.05, 0.1) is 37.0 Å². The lowest BCUT2D eigenvalue weighted by Crippen LogP contribution is -2.26. The molecule has 9 heteroatoms. The zero-order valence-corrected chi connectivity index (χ0v) is 19.8. The van der Waals surface area contributed by atoms with Crippen LogP contribution in [0.1, 0.15) is 30.6 Å². The highest BCUT2D eigenvalue weighted by Crippen LogP contribution is 2.35. The number of nitrogen functional groups attached to an aromatic ring is 1. The molecule has 0 atom stereocenters. The van der Waals surface area contributed by atoms with Gasteiger partial charge in [-0.2, -0.15) is 0 Å². The number of carbonyl (C=O) groups is 1. The summed E-state index contributed by atoms with van der Waals surface area (Å²) in [5.41, 5.74) is 9.83. The number of amides is 1. The second-order valence-corrected chi connectivity index (χ2v) is 8.05. The molecule has 1 amide bonds. The van der Waals surface area contributed by atoms with Crippen LogP contribution < -0.4 is 20.5 Å². The normalized spacial score (nSPS) is 11.3. The molecule has 0 saturated heterocycles. The molecule has 0 radical (unpaired) electrons. The molecular formula is C25H29N5O4. The van der Waals surface area contributed by atoms with Crippen LogP contribution >= 0.6 is 0 Å². The number of hydrogen-bond acceptors (Lipinski definition) is 7. The Labute approximate surface area is 197 Å². The molecule has 0 bridgehead atoms. The van der Waals surface area contributed by atoms with Crippen LogP contribution in [0.2, 0.25) is 0 Å². The van der Waals surface area contributed by atoms with E-state index in [0.717, 1.165) is 0 Å². The molecule has 4 rings (SSSR count). The van der Waals surface area contributed by atoms with Crippen molar-refractivity contribution in [2.24, 2.45) is 0 Å². The second kappa shape index (κ2) is 9.96. The summed E-state index contributed by atoms with van der Waals surface area (Å²) < 4.78 is 18.1. The van der Waals surface area contributed by atoms with Gasteiger partial charge < -0.3 is 25.3 Å². The van der Waals surface area contributed by atoms with E-state index in [1.54, 1.807) is 30.9 Å². The smallest absolute Gasteiger partial charge is 0.257 e. The van der Waals surface area contributed by atoms with Crippen LogP contribution in [0.3, 0.4) is 0 Å². The maximum atomic E-state index is 13.2. The SMILES string of the molecule is COc1ccc(-n2c(N)c(C(=O)NCCCOC(C)C)c3nc4ccccc4nc32)cc1OC.